The summed E-state index contributed by atoms with van der Waals surface area (Å²) in [7, 11) is 0. The highest BCUT2D eigenvalue weighted by Crippen LogP contribution is 2.72. The quantitative estimate of drug-likeness (QED) is 0.642. The van der Waals surface area contributed by atoms with Crippen molar-refractivity contribution < 1.29 is 4.79 Å². The van der Waals surface area contributed by atoms with E-state index in [4.69, 9.17) is 0 Å². The van der Waals surface area contributed by atoms with Crippen molar-refractivity contribution in [1.29, 1.82) is 0 Å². The monoisotopic (exact) mass is 206 g/mol. The number of Topliss-reactive ketones (excluding diaryl/α,β-unsaturated/α-hetero) is 1. The Morgan fingerprint density at radius 3 is 2.67 bits per heavy atom. The van der Waals surface area contributed by atoms with Crippen molar-refractivity contribution in [2.24, 2.45) is 28.6 Å². The highest BCUT2D eigenvalue weighted by atomic mass is 16.1. The van der Waals surface area contributed by atoms with Crippen molar-refractivity contribution in [2.75, 3.05) is 0 Å². The summed E-state index contributed by atoms with van der Waals surface area (Å²) in [5, 5.41) is 0. The number of hydrogen-bond donors (Lipinski definition) is 0. The van der Waals surface area contributed by atoms with Crippen LogP contribution in [0.1, 0.15) is 52.9 Å². The first kappa shape index (κ1) is 9.86. The minimum atomic E-state index is 0.0224. The highest BCUT2D eigenvalue weighted by molar-refractivity contribution is 5.83. The van der Waals surface area contributed by atoms with Crippen LogP contribution in [-0.4, -0.2) is 5.78 Å². The topological polar surface area (TPSA) is 17.1 Å². The zero-order valence-corrected chi connectivity index (χ0v) is 10.2. The van der Waals surface area contributed by atoms with Gasteiger partial charge in [0.2, 0.25) is 0 Å². The molecule has 3 aliphatic carbocycles. The van der Waals surface area contributed by atoms with Crippen LogP contribution in [0.15, 0.2) is 0 Å². The number of rotatable bonds is 1. The summed E-state index contributed by atoms with van der Waals surface area (Å²) in [6.45, 7) is 6.46. The minimum Gasteiger partial charge on any atom is -0.299 e. The molecule has 0 aromatic heterocycles. The molecule has 1 nitrogen and oxygen atoms in total. The molecule has 0 radical (unpaired) electrons. The highest BCUT2D eigenvalue weighted by Gasteiger charge is 2.66. The molecule has 5 unspecified atom stereocenters. The maximum Gasteiger partial charge on any atom is 0.135 e. The normalized spacial score (nSPS) is 57.1. The maximum atomic E-state index is 11.9. The summed E-state index contributed by atoms with van der Waals surface area (Å²) in [4.78, 5) is 11.9. The number of carbonyl (C=O) groups excluding carboxylic acids is 1. The summed E-state index contributed by atoms with van der Waals surface area (Å²) < 4.78 is 0. The zero-order valence-electron chi connectivity index (χ0n) is 10.2. The van der Waals surface area contributed by atoms with Gasteiger partial charge in [0.1, 0.15) is 5.78 Å². The SMILES string of the molecule is CC(=O)C1(C)CC(C)C23CCC(CC12)C3. The van der Waals surface area contributed by atoms with Crippen molar-refractivity contribution in [3.05, 3.63) is 0 Å². The molecule has 0 aromatic rings. The average Bonchev–Trinajstić information content (AvgIpc) is 2.79. The lowest BCUT2D eigenvalue weighted by Crippen LogP contribution is -2.35. The molecular formula is C14H22O. The Balaban J connectivity index is 2.03. The fourth-order valence-electron chi connectivity index (χ4n) is 5.36. The standard InChI is InChI=1S/C14H22O/c1-9-7-13(3,10(2)15)12-6-11-4-5-14(9,12)8-11/h9,11-12H,4-8H2,1-3H3. The Morgan fingerprint density at radius 2 is 2.07 bits per heavy atom. The molecule has 0 amide bonds. The lowest BCUT2D eigenvalue weighted by Gasteiger charge is -2.37. The van der Waals surface area contributed by atoms with Gasteiger partial charge in [-0.05, 0) is 62.2 Å². The molecule has 2 bridgehead atoms. The summed E-state index contributed by atoms with van der Waals surface area (Å²) in [5.74, 6) is 2.90. The van der Waals surface area contributed by atoms with E-state index < -0.39 is 0 Å². The average molecular weight is 206 g/mol. The number of carbonyl (C=O) groups is 1. The van der Waals surface area contributed by atoms with Gasteiger partial charge in [-0.3, -0.25) is 4.79 Å². The predicted molar refractivity (Wildman–Crippen MR) is 60.5 cm³/mol. The molecule has 3 saturated carbocycles. The lowest BCUT2D eigenvalue weighted by molar-refractivity contribution is -0.128. The van der Waals surface area contributed by atoms with Gasteiger partial charge in [-0.15, -0.1) is 0 Å². The van der Waals surface area contributed by atoms with Crippen LogP contribution in [0.2, 0.25) is 0 Å². The first-order valence-corrected chi connectivity index (χ1v) is 6.50. The lowest BCUT2D eigenvalue weighted by atomic mass is 9.66. The maximum absolute atomic E-state index is 11.9. The van der Waals surface area contributed by atoms with Gasteiger partial charge in [0.25, 0.3) is 0 Å². The molecule has 15 heavy (non-hydrogen) atoms. The van der Waals surface area contributed by atoms with Crippen LogP contribution < -0.4 is 0 Å². The van der Waals surface area contributed by atoms with Crippen molar-refractivity contribution in [3.8, 4) is 0 Å². The van der Waals surface area contributed by atoms with Gasteiger partial charge in [-0.2, -0.15) is 0 Å². The Bertz CT molecular complexity index is 321. The second-order valence-electron chi connectivity index (χ2n) is 6.71. The van der Waals surface area contributed by atoms with Gasteiger partial charge in [0.15, 0.2) is 0 Å². The molecule has 84 valence electrons. The van der Waals surface area contributed by atoms with E-state index in [1.54, 1.807) is 0 Å². The minimum absolute atomic E-state index is 0.0224. The van der Waals surface area contributed by atoms with E-state index in [2.05, 4.69) is 13.8 Å². The van der Waals surface area contributed by atoms with Gasteiger partial charge in [0.05, 0.1) is 0 Å². The van der Waals surface area contributed by atoms with Crippen LogP contribution in [0.5, 0.6) is 0 Å². The van der Waals surface area contributed by atoms with Crippen LogP contribution in [0.25, 0.3) is 0 Å². The third kappa shape index (κ3) is 0.976. The van der Waals surface area contributed by atoms with Crippen molar-refractivity contribution in [3.63, 3.8) is 0 Å². The first-order valence-electron chi connectivity index (χ1n) is 6.50. The van der Waals surface area contributed by atoms with Gasteiger partial charge in [-0.1, -0.05) is 13.8 Å². The molecule has 0 heterocycles. The van der Waals surface area contributed by atoms with E-state index in [0.717, 1.165) is 24.2 Å². The van der Waals surface area contributed by atoms with Crippen molar-refractivity contribution >= 4 is 5.78 Å². The Morgan fingerprint density at radius 1 is 1.33 bits per heavy atom. The third-order valence-corrected chi connectivity index (χ3v) is 6.23. The van der Waals surface area contributed by atoms with Gasteiger partial charge in [0, 0.05) is 5.41 Å². The molecule has 0 aliphatic heterocycles. The zero-order chi connectivity index (χ0) is 10.8. The Hall–Kier alpha value is -0.330. The molecule has 0 N–H and O–H groups in total. The molecule has 3 aliphatic rings. The predicted octanol–water partition coefficient (Wildman–Crippen LogP) is 3.43. The van der Waals surface area contributed by atoms with Crippen LogP contribution in [0, 0.1) is 28.6 Å². The molecule has 0 aromatic carbocycles. The van der Waals surface area contributed by atoms with Gasteiger partial charge >= 0.3 is 0 Å². The molecule has 5 atom stereocenters. The van der Waals surface area contributed by atoms with E-state index in [-0.39, 0.29) is 5.41 Å². The van der Waals surface area contributed by atoms with E-state index in [1.165, 1.54) is 25.7 Å². The van der Waals surface area contributed by atoms with E-state index in [9.17, 15) is 4.79 Å². The Labute approximate surface area is 92.6 Å². The summed E-state index contributed by atoms with van der Waals surface area (Å²) in [5.41, 5.74) is 0.597. The van der Waals surface area contributed by atoms with E-state index in [0.29, 0.717) is 11.2 Å². The fraction of sp³-hybridized carbons (Fsp3) is 0.929. The Kier molecular flexibility index (Phi) is 1.76. The van der Waals surface area contributed by atoms with Crippen LogP contribution >= 0.6 is 0 Å². The molecular weight excluding hydrogens is 184 g/mol. The smallest absolute Gasteiger partial charge is 0.135 e. The van der Waals surface area contributed by atoms with Crippen molar-refractivity contribution in [2.45, 2.75) is 52.9 Å². The van der Waals surface area contributed by atoms with Crippen LogP contribution in [0.4, 0.5) is 0 Å². The van der Waals surface area contributed by atoms with Crippen LogP contribution in [0.3, 0.4) is 0 Å². The van der Waals surface area contributed by atoms with E-state index >= 15 is 0 Å². The van der Waals surface area contributed by atoms with E-state index in [1.807, 2.05) is 6.92 Å². The number of ketones is 1. The molecule has 1 heteroatoms. The summed E-state index contributed by atoms with van der Waals surface area (Å²) in [6.07, 6.45) is 6.78. The first-order chi connectivity index (χ1) is 6.99. The third-order valence-electron chi connectivity index (χ3n) is 6.23. The second kappa shape index (κ2) is 2.67. The molecule has 0 saturated heterocycles. The van der Waals surface area contributed by atoms with Crippen LogP contribution in [-0.2, 0) is 4.79 Å². The molecule has 3 rings (SSSR count). The number of hydrogen-bond acceptors (Lipinski definition) is 1. The second-order valence-corrected chi connectivity index (χ2v) is 6.71. The van der Waals surface area contributed by atoms with Gasteiger partial charge in [-0.25, -0.2) is 0 Å². The number of fused-ring (bicyclic) bond motifs is 1. The summed E-state index contributed by atoms with van der Waals surface area (Å²) >= 11 is 0. The van der Waals surface area contributed by atoms with Crippen molar-refractivity contribution in [1.82, 2.24) is 0 Å². The largest absolute Gasteiger partial charge is 0.299 e. The fourth-order valence-corrected chi connectivity index (χ4v) is 5.36. The molecule has 1 spiro atoms. The summed E-state index contributed by atoms with van der Waals surface area (Å²) in [6, 6.07) is 0. The molecule has 3 fully saturated rings. The van der Waals surface area contributed by atoms with Gasteiger partial charge < -0.3 is 0 Å².